The van der Waals surface area contributed by atoms with Gasteiger partial charge in [0.05, 0.1) is 12.2 Å². The minimum absolute atomic E-state index is 0.0396. The Morgan fingerprint density at radius 1 is 1.26 bits per heavy atom. The molecule has 1 rings (SSSR count). The average Bonchev–Trinajstić information content (AvgIpc) is 2.36. The Kier molecular flexibility index (Phi) is 5.36. The quantitative estimate of drug-likeness (QED) is 0.772. The van der Waals surface area contributed by atoms with E-state index >= 15 is 0 Å². The van der Waals surface area contributed by atoms with E-state index in [1.165, 1.54) is 0 Å². The molecule has 0 amide bonds. The highest BCUT2D eigenvalue weighted by molar-refractivity contribution is 5.90. The summed E-state index contributed by atoms with van der Waals surface area (Å²) in [6.07, 6.45) is 0. The zero-order valence-electron chi connectivity index (χ0n) is 11.3. The van der Waals surface area contributed by atoms with Gasteiger partial charge in [0.1, 0.15) is 6.04 Å². The van der Waals surface area contributed by atoms with Crippen molar-refractivity contribution in [1.29, 1.82) is 0 Å². The van der Waals surface area contributed by atoms with E-state index in [1.54, 1.807) is 31.2 Å². The van der Waals surface area contributed by atoms with Crippen LogP contribution in [0.25, 0.3) is 0 Å². The summed E-state index contributed by atoms with van der Waals surface area (Å²) in [4.78, 5) is 22.5. The second kappa shape index (κ2) is 6.78. The maximum atomic E-state index is 11.5. The number of anilines is 1. The van der Waals surface area contributed by atoms with Gasteiger partial charge in [0.2, 0.25) is 0 Å². The number of nitrogens with one attached hydrogen (secondary N) is 1. The molecule has 1 atom stereocenters. The summed E-state index contributed by atoms with van der Waals surface area (Å²) in [5, 5.41) is 12.0. The molecule has 0 unspecified atom stereocenters. The fraction of sp³-hybridized carbons (Fsp3) is 0.429. The summed E-state index contributed by atoms with van der Waals surface area (Å²) in [7, 11) is 0. The Balaban J connectivity index is 2.76. The van der Waals surface area contributed by atoms with E-state index in [0.29, 0.717) is 17.9 Å². The minimum Gasteiger partial charge on any atom is -0.480 e. The van der Waals surface area contributed by atoms with Crippen LogP contribution in [0, 0.1) is 5.92 Å². The molecule has 1 aromatic rings. The molecule has 0 aliphatic carbocycles. The molecule has 104 valence electrons. The van der Waals surface area contributed by atoms with E-state index in [0.717, 1.165) is 0 Å². The van der Waals surface area contributed by atoms with Gasteiger partial charge in [-0.25, -0.2) is 9.59 Å². The first-order valence-corrected chi connectivity index (χ1v) is 6.22. The SMILES string of the molecule is CCOC(=O)c1ccc(N[C@H](C(=O)O)C(C)C)cc1. The molecule has 0 saturated carbocycles. The van der Waals surface area contributed by atoms with Crippen molar-refractivity contribution in [3.63, 3.8) is 0 Å². The third-order valence-corrected chi connectivity index (χ3v) is 2.65. The largest absolute Gasteiger partial charge is 0.480 e. The number of aliphatic carboxylic acids is 1. The van der Waals surface area contributed by atoms with Gasteiger partial charge in [-0.05, 0) is 37.1 Å². The topological polar surface area (TPSA) is 75.6 Å². The number of hydrogen-bond donors (Lipinski definition) is 2. The molecule has 0 radical (unpaired) electrons. The maximum absolute atomic E-state index is 11.5. The van der Waals surface area contributed by atoms with Crippen LogP contribution >= 0.6 is 0 Å². The van der Waals surface area contributed by atoms with Crippen LogP contribution in [0.15, 0.2) is 24.3 Å². The van der Waals surface area contributed by atoms with Gasteiger partial charge in [0.25, 0.3) is 0 Å². The molecule has 19 heavy (non-hydrogen) atoms. The predicted octanol–water partition coefficient (Wildman–Crippen LogP) is 2.38. The number of rotatable bonds is 6. The highest BCUT2D eigenvalue weighted by Gasteiger charge is 2.20. The van der Waals surface area contributed by atoms with Crippen molar-refractivity contribution in [3.8, 4) is 0 Å². The molecular weight excluding hydrogens is 246 g/mol. The molecular formula is C14H19NO4. The predicted molar refractivity (Wildman–Crippen MR) is 72.3 cm³/mol. The van der Waals surface area contributed by atoms with E-state index in [4.69, 9.17) is 9.84 Å². The highest BCUT2D eigenvalue weighted by Crippen LogP contribution is 2.15. The molecule has 5 heteroatoms. The molecule has 0 saturated heterocycles. The van der Waals surface area contributed by atoms with Gasteiger partial charge in [-0.3, -0.25) is 0 Å². The lowest BCUT2D eigenvalue weighted by Gasteiger charge is -2.19. The van der Waals surface area contributed by atoms with E-state index in [9.17, 15) is 9.59 Å². The van der Waals surface area contributed by atoms with Crippen molar-refractivity contribution in [2.24, 2.45) is 5.92 Å². The van der Waals surface area contributed by atoms with Crippen molar-refractivity contribution in [2.75, 3.05) is 11.9 Å². The number of benzene rings is 1. The van der Waals surface area contributed by atoms with E-state index < -0.39 is 12.0 Å². The van der Waals surface area contributed by atoms with Crippen LogP contribution in [-0.2, 0) is 9.53 Å². The number of ether oxygens (including phenoxy) is 1. The summed E-state index contributed by atoms with van der Waals surface area (Å²) in [6.45, 7) is 5.73. The van der Waals surface area contributed by atoms with Crippen LogP contribution in [0.1, 0.15) is 31.1 Å². The van der Waals surface area contributed by atoms with Gasteiger partial charge in [-0.15, -0.1) is 0 Å². The molecule has 0 fully saturated rings. The zero-order valence-corrected chi connectivity index (χ0v) is 11.3. The van der Waals surface area contributed by atoms with Crippen LogP contribution < -0.4 is 5.32 Å². The van der Waals surface area contributed by atoms with Gasteiger partial charge in [-0.2, -0.15) is 0 Å². The van der Waals surface area contributed by atoms with E-state index in [-0.39, 0.29) is 11.9 Å². The fourth-order valence-electron chi connectivity index (χ4n) is 1.61. The molecule has 0 spiro atoms. The number of carboxylic acids is 1. The van der Waals surface area contributed by atoms with E-state index in [2.05, 4.69) is 5.32 Å². The number of esters is 1. The smallest absolute Gasteiger partial charge is 0.338 e. The van der Waals surface area contributed by atoms with Crippen LogP contribution in [0.2, 0.25) is 0 Å². The monoisotopic (exact) mass is 265 g/mol. The van der Waals surface area contributed by atoms with Crippen molar-refractivity contribution < 1.29 is 19.4 Å². The Morgan fingerprint density at radius 3 is 2.26 bits per heavy atom. The molecule has 0 heterocycles. The molecule has 1 aromatic carbocycles. The first-order chi connectivity index (χ1) is 8.95. The normalized spacial score (nSPS) is 12.0. The Hall–Kier alpha value is -2.04. The molecule has 0 bridgehead atoms. The summed E-state index contributed by atoms with van der Waals surface area (Å²) in [5.41, 5.74) is 1.11. The number of carbonyl (C=O) groups excluding carboxylic acids is 1. The summed E-state index contributed by atoms with van der Waals surface area (Å²) in [5.74, 6) is -1.32. The van der Waals surface area contributed by atoms with Crippen LogP contribution in [0.3, 0.4) is 0 Å². The lowest BCUT2D eigenvalue weighted by atomic mass is 10.0. The van der Waals surface area contributed by atoms with Crippen molar-refractivity contribution in [1.82, 2.24) is 0 Å². The second-order valence-corrected chi connectivity index (χ2v) is 4.50. The standard InChI is InChI=1S/C14H19NO4/c1-4-19-14(18)10-5-7-11(8-6-10)15-12(9(2)3)13(16)17/h5-9,12,15H,4H2,1-3H3,(H,16,17)/t12-/m0/s1. The summed E-state index contributed by atoms with van der Waals surface area (Å²) in [6, 6.07) is 5.90. The molecule has 0 aliphatic rings. The third-order valence-electron chi connectivity index (χ3n) is 2.65. The fourth-order valence-corrected chi connectivity index (χ4v) is 1.61. The Bertz CT molecular complexity index is 439. The van der Waals surface area contributed by atoms with Crippen molar-refractivity contribution in [3.05, 3.63) is 29.8 Å². The van der Waals surface area contributed by atoms with Gasteiger partial charge in [0, 0.05) is 5.69 Å². The average molecular weight is 265 g/mol. The summed E-state index contributed by atoms with van der Waals surface area (Å²) >= 11 is 0. The highest BCUT2D eigenvalue weighted by atomic mass is 16.5. The van der Waals surface area contributed by atoms with Crippen molar-refractivity contribution in [2.45, 2.75) is 26.8 Å². The Labute approximate surface area is 112 Å². The molecule has 0 aromatic heterocycles. The van der Waals surface area contributed by atoms with Gasteiger partial charge in [0.15, 0.2) is 0 Å². The number of hydrogen-bond acceptors (Lipinski definition) is 4. The van der Waals surface area contributed by atoms with Crippen molar-refractivity contribution >= 4 is 17.6 Å². The van der Waals surface area contributed by atoms with Crippen LogP contribution in [0.4, 0.5) is 5.69 Å². The lowest BCUT2D eigenvalue weighted by molar-refractivity contribution is -0.138. The number of carbonyl (C=O) groups is 2. The van der Waals surface area contributed by atoms with E-state index in [1.807, 2.05) is 13.8 Å². The Morgan fingerprint density at radius 2 is 1.84 bits per heavy atom. The molecule has 0 aliphatic heterocycles. The maximum Gasteiger partial charge on any atom is 0.338 e. The zero-order chi connectivity index (χ0) is 14.4. The number of carboxylic acid groups (broad SMARTS) is 1. The van der Waals surface area contributed by atoms with Gasteiger partial charge in [-0.1, -0.05) is 13.8 Å². The molecule has 2 N–H and O–H groups in total. The van der Waals surface area contributed by atoms with Gasteiger partial charge >= 0.3 is 11.9 Å². The first-order valence-electron chi connectivity index (χ1n) is 6.22. The second-order valence-electron chi connectivity index (χ2n) is 4.50. The van der Waals surface area contributed by atoms with Crippen LogP contribution in [-0.4, -0.2) is 29.7 Å². The first kappa shape index (κ1) is 15.0. The third kappa shape index (κ3) is 4.28. The summed E-state index contributed by atoms with van der Waals surface area (Å²) < 4.78 is 4.87. The lowest BCUT2D eigenvalue weighted by Crippen LogP contribution is -2.34. The van der Waals surface area contributed by atoms with Crippen LogP contribution in [0.5, 0.6) is 0 Å². The minimum atomic E-state index is -0.899. The molecule has 5 nitrogen and oxygen atoms in total. The van der Waals surface area contributed by atoms with Gasteiger partial charge < -0.3 is 15.2 Å².